The van der Waals surface area contributed by atoms with Crippen LogP contribution in [-0.2, 0) is 24.1 Å². The quantitative estimate of drug-likeness (QED) is 0.809. The lowest BCUT2D eigenvalue weighted by atomic mass is 10.1. The molecule has 0 N–H and O–H groups in total. The third kappa shape index (κ3) is 2.55. The Hall–Kier alpha value is -2.81. The van der Waals surface area contributed by atoms with Gasteiger partial charge in [0.05, 0.1) is 13.7 Å². The van der Waals surface area contributed by atoms with Gasteiger partial charge >= 0.3 is 5.97 Å². The average Bonchev–Trinajstić information content (AvgIpc) is 3.15. The number of methoxy groups -OCH3 is 1. The largest absolute Gasteiger partial charge is 0.463 e. The van der Waals surface area contributed by atoms with Gasteiger partial charge in [-0.3, -0.25) is 4.79 Å². The van der Waals surface area contributed by atoms with E-state index in [1.807, 2.05) is 6.07 Å². The summed E-state index contributed by atoms with van der Waals surface area (Å²) in [5, 5.41) is 9.15. The molecule has 0 spiro atoms. The van der Waals surface area contributed by atoms with Crippen molar-refractivity contribution < 1.29 is 13.9 Å². The summed E-state index contributed by atoms with van der Waals surface area (Å²) in [6.07, 6.45) is 2.64. The van der Waals surface area contributed by atoms with Crippen LogP contribution in [0.15, 0.2) is 21.3 Å². The first-order valence-corrected chi connectivity index (χ1v) is 7.38. The molecule has 0 saturated carbocycles. The third-order valence-electron chi connectivity index (χ3n) is 4.12. The van der Waals surface area contributed by atoms with Crippen molar-refractivity contribution in [2.24, 2.45) is 0 Å². The molecule has 0 unspecified atom stereocenters. The Morgan fingerprint density at radius 1 is 1.43 bits per heavy atom. The number of esters is 1. The number of furan rings is 1. The van der Waals surface area contributed by atoms with E-state index in [9.17, 15) is 9.59 Å². The lowest BCUT2D eigenvalue weighted by molar-refractivity contribution is 0.0561. The van der Waals surface area contributed by atoms with Gasteiger partial charge in [0.1, 0.15) is 17.4 Å². The molecule has 0 aromatic carbocycles. The van der Waals surface area contributed by atoms with Crippen LogP contribution in [0.25, 0.3) is 0 Å². The number of aromatic nitrogens is 1. The molecule has 2 aromatic rings. The molecule has 0 aliphatic heterocycles. The highest BCUT2D eigenvalue weighted by molar-refractivity contribution is 5.87. The Kier molecular flexibility index (Phi) is 3.78. The van der Waals surface area contributed by atoms with E-state index in [0.29, 0.717) is 11.3 Å². The zero-order chi connectivity index (χ0) is 16.6. The number of hydrogen-bond acceptors (Lipinski definition) is 5. The van der Waals surface area contributed by atoms with E-state index in [1.165, 1.54) is 7.11 Å². The Morgan fingerprint density at radius 3 is 2.91 bits per heavy atom. The van der Waals surface area contributed by atoms with Crippen molar-refractivity contribution in [3.8, 4) is 6.07 Å². The zero-order valence-corrected chi connectivity index (χ0v) is 13.0. The molecule has 3 rings (SSSR count). The normalized spacial score (nSPS) is 12.7. The topological polar surface area (TPSA) is 85.2 Å². The molecular formula is C17H16N2O4. The summed E-state index contributed by atoms with van der Waals surface area (Å²) in [5.74, 6) is 0.0925. The van der Waals surface area contributed by atoms with Gasteiger partial charge in [-0.1, -0.05) is 0 Å². The zero-order valence-electron chi connectivity index (χ0n) is 13.0. The summed E-state index contributed by atoms with van der Waals surface area (Å²) < 4.78 is 11.8. The second-order valence-corrected chi connectivity index (χ2v) is 5.60. The Labute approximate surface area is 132 Å². The van der Waals surface area contributed by atoms with E-state index in [-0.39, 0.29) is 23.4 Å². The van der Waals surface area contributed by atoms with Crippen LogP contribution in [0, 0.1) is 18.3 Å². The fourth-order valence-corrected chi connectivity index (χ4v) is 3.04. The van der Waals surface area contributed by atoms with Crippen molar-refractivity contribution in [2.45, 2.75) is 32.7 Å². The van der Waals surface area contributed by atoms with E-state index in [2.05, 4.69) is 4.74 Å². The summed E-state index contributed by atoms with van der Waals surface area (Å²) >= 11 is 0. The van der Waals surface area contributed by atoms with E-state index >= 15 is 0 Å². The smallest absolute Gasteiger partial charge is 0.374 e. The van der Waals surface area contributed by atoms with Crippen molar-refractivity contribution >= 4 is 5.97 Å². The highest BCUT2D eigenvalue weighted by atomic mass is 16.5. The van der Waals surface area contributed by atoms with Crippen molar-refractivity contribution in [3.63, 3.8) is 0 Å². The summed E-state index contributed by atoms with van der Waals surface area (Å²) in [5.41, 5.74) is 2.47. The molecule has 6 nitrogen and oxygen atoms in total. The number of pyridine rings is 1. The van der Waals surface area contributed by atoms with Gasteiger partial charge in [-0.25, -0.2) is 4.79 Å². The number of carbonyl (C=O) groups is 1. The number of hydrogen-bond donors (Lipinski definition) is 0. The second kappa shape index (κ2) is 5.76. The molecule has 0 atom stereocenters. The predicted octanol–water partition coefficient (Wildman–Crippen LogP) is 1.95. The first-order chi connectivity index (χ1) is 11.0. The number of carbonyl (C=O) groups excluding carboxylic acids is 1. The summed E-state index contributed by atoms with van der Waals surface area (Å²) in [7, 11) is 1.29. The fourth-order valence-electron chi connectivity index (χ4n) is 3.04. The third-order valence-corrected chi connectivity index (χ3v) is 4.12. The Bertz CT molecular complexity index is 883. The molecule has 0 radical (unpaired) electrons. The molecule has 0 bridgehead atoms. The molecule has 6 heteroatoms. The van der Waals surface area contributed by atoms with Gasteiger partial charge in [0.25, 0.3) is 5.56 Å². The maximum Gasteiger partial charge on any atom is 0.374 e. The van der Waals surface area contributed by atoms with Crippen LogP contribution >= 0.6 is 0 Å². The molecule has 1 aliphatic rings. The summed E-state index contributed by atoms with van der Waals surface area (Å²) in [4.78, 5) is 24.1. The van der Waals surface area contributed by atoms with Crippen molar-refractivity contribution in [1.82, 2.24) is 4.57 Å². The van der Waals surface area contributed by atoms with Crippen LogP contribution in [0.2, 0.25) is 0 Å². The lowest BCUT2D eigenvalue weighted by Gasteiger charge is -2.11. The number of fused-ring (bicyclic) bond motifs is 1. The number of nitrogens with zero attached hydrogens (tertiary/aromatic N) is 2. The summed E-state index contributed by atoms with van der Waals surface area (Å²) in [6.45, 7) is 1.95. The second-order valence-electron chi connectivity index (χ2n) is 5.60. The molecule has 0 amide bonds. The minimum Gasteiger partial charge on any atom is -0.463 e. The highest BCUT2D eigenvalue weighted by Gasteiger charge is 2.21. The minimum absolute atomic E-state index is 0.141. The maximum absolute atomic E-state index is 12.5. The van der Waals surface area contributed by atoms with Gasteiger partial charge in [0.15, 0.2) is 0 Å². The number of ether oxygens (including phenoxy) is 1. The predicted molar refractivity (Wildman–Crippen MR) is 81.3 cm³/mol. The molecule has 0 saturated heterocycles. The monoisotopic (exact) mass is 312 g/mol. The van der Waals surface area contributed by atoms with Gasteiger partial charge in [0, 0.05) is 11.3 Å². The van der Waals surface area contributed by atoms with Gasteiger partial charge in [-0.15, -0.1) is 0 Å². The van der Waals surface area contributed by atoms with E-state index in [1.54, 1.807) is 23.6 Å². The fraction of sp³-hybridized carbons (Fsp3) is 0.353. The molecule has 118 valence electrons. The summed E-state index contributed by atoms with van der Waals surface area (Å²) in [6, 6.07) is 5.37. The van der Waals surface area contributed by atoms with E-state index in [4.69, 9.17) is 9.68 Å². The van der Waals surface area contributed by atoms with Gasteiger partial charge < -0.3 is 13.7 Å². The molecule has 2 heterocycles. The number of rotatable bonds is 3. The minimum atomic E-state index is -0.544. The van der Waals surface area contributed by atoms with Crippen LogP contribution < -0.4 is 5.56 Å². The van der Waals surface area contributed by atoms with E-state index < -0.39 is 5.97 Å². The molecule has 2 aromatic heterocycles. The van der Waals surface area contributed by atoms with Crippen molar-refractivity contribution in [1.29, 1.82) is 5.26 Å². The average molecular weight is 312 g/mol. The van der Waals surface area contributed by atoms with Crippen LogP contribution in [0.5, 0.6) is 0 Å². The van der Waals surface area contributed by atoms with Gasteiger partial charge in [0.2, 0.25) is 5.76 Å². The van der Waals surface area contributed by atoms with Crippen LogP contribution in [0.3, 0.4) is 0 Å². The molecule has 1 aliphatic carbocycles. The number of nitriles is 1. The first-order valence-electron chi connectivity index (χ1n) is 7.38. The molecule has 23 heavy (non-hydrogen) atoms. The Balaban J connectivity index is 2.05. The van der Waals surface area contributed by atoms with Crippen LogP contribution in [0.4, 0.5) is 0 Å². The van der Waals surface area contributed by atoms with Crippen molar-refractivity contribution in [2.75, 3.05) is 7.11 Å². The maximum atomic E-state index is 12.5. The van der Waals surface area contributed by atoms with Crippen LogP contribution in [0.1, 0.15) is 45.1 Å². The van der Waals surface area contributed by atoms with Crippen molar-refractivity contribution in [3.05, 3.63) is 56.4 Å². The first kappa shape index (κ1) is 15.1. The van der Waals surface area contributed by atoms with Gasteiger partial charge in [-0.2, -0.15) is 5.26 Å². The Morgan fingerprint density at radius 2 is 2.22 bits per heavy atom. The number of aryl methyl sites for hydroxylation is 2. The lowest BCUT2D eigenvalue weighted by Crippen LogP contribution is -2.26. The van der Waals surface area contributed by atoms with E-state index in [0.717, 1.165) is 30.5 Å². The molecular weight excluding hydrogens is 296 g/mol. The SMILES string of the molecule is COC(=O)c1oc(Cn2c3c(cc(C#N)c2=O)CCC3)cc1C. The highest BCUT2D eigenvalue weighted by Crippen LogP contribution is 2.23. The molecule has 0 fully saturated rings. The van der Waals surface area contributed by atoms with Gasteiger partial charge in [-0.05, 0) is 43.9 Å². The standard InChI is InChI=1S/C17H16N2O4/c1-10-6-13(23-15(10)17(21)22-2)9-19-14-5-3-4-11(14)7-12(8-18)16(19)20/h6-7H,3-5,9H2,1-2H3. The van der Waals surface area contributed by atoms with Crippen LogP contribution in [-0.4, -0.2) is 17.6 Å².